The Hall–Kier alpha value is -1.48. The minimum absolute atomic E-state index is 0. The number of hydrogen-bond donors (Lipinski definition) is 1. The van der Waals surface area contributed by atoms with Crippen molar-refractivity contribution in [3.63, 3.8) is 0 Å². The highest BCUT2D eigenvalue weighted by atomic mass is 35.5. The first-order chi connectivity index (χ1) is 8.29. The zero-order valence-electron chi connectivity index (χ0n) is 10.9. The van der Waals surface area contributed by atoms with Gasteiger partial charge in [-0.3, -0.25) is 4.68 Å². The zero-order chi connectivity index (χ0) is 12.1. The molecule has 98 valence electrons. The van der Waals surface area contributed by atoms with Gasteiger partial charge >= 0.3 is 0 Å². The molecule has 0 saturated carbocycles. The lowest BCUT2D eigenvalue weighted by Crippen LogP contribution is -2.06. The van der Waals surface area contributed by atoms with Crippen molar-refractivity contribution in [3.05, 3.63) is 47.7 Å². The van der Waals surface area contributed by atoms with E-state index in [4.69, 9.17) is 0 Å². The standard InChI is InChI=1S/C14H19N3.ClH/c1-3-17-11-12(2)14(16-17)15-10-9-13-7-5-4-6-8-13;/h4-8,11H,3,9-10H2,1-2H3,(H,15,16);1H. The molecular formula is C14H20ClN3. The Balaban J connectivity index is 0.00000162. The Bertz CT molecular complexity index is 465. The van der Waals surface area contributed by atoms with Crippen molar-refractivity contribution in [3.8, 4) is 0 Å². The third-order valence-electron chi connectivity index (χ3n) is 2.82. The van der Waals surface area contributed by atoms with Gasteiger partial charge in [0, 0.05) is 24.8 Å². The van der Waals surface area contributed by atoms with Gasteiger partial charge in [0.25, 0.3) is 0 Å². The summed E-state index contributed by atoms with van der Waals surface area (Å²) >= 11 is 0. The molecule has 0 atom stereocenters. The molecule has 0 radical (unpaired) electrons. The van der Waals surface area contributed by atoms with Crippen molar-refractivity contribution in [1.29, 1.82) is 0 Å². The topological polar surface area (TPSA) is 29.9 Å². The summed E-state index contributed by atoms with van der Waals surface area (Å²) < 4.78 is 1.96. The van der Waals surface area contributed by atoms with E-state index in [1.54, 1.807) is 0 Å². The van der Waals surface area contributed by atoms with Crippen LogP contribution in [0.15, 0.2) is 36.5 Å². The van der Waals surface area contributed by atoms with Crippen LogP contribution in [-0.2, 0) is 13.0 Å². The lowest BCUT2D eigenvalue weighted by Gasteiger charge is -2.04. The van der Waals surface area contributed by atoms with Crippen molar-refractivity contribution < 1.29 is 0 Å². The van der Waals surface area contributed by atoms with Gasteiger partial charge in [0.05, 0.1) is 0 Å². The number of aryl methyl sites for hydroxylation is 2. The van der Waals surface area contributed by atoms with E-state index < -0.39 is 0 Å². The largest absolute Gasteiger partial charge is 0.368 e. The van der Waals surface area contributed by atoms with Crippen LogP contribution in [0.5, 0.6) is 0 Å². The number of benzene rings is 1. The summed E-state index contributed by atoms with van der Waals surface area (Å²) in [5.74, 6) is 1.00. The number of nitrogens with zero attached hydrogens (tertiary/aromatic N) is 2. The van der Waals surface area contributed by atoms with Crippen molar-refractivity contribution >= 4 is 18.2 Å². The molecule has 0 spiro atoms. The van der Waals surface area contributed by atoms with Gasteiger partial charge in [0.15, 0.2) is 5.82 Å². The predicted molar refractivity (Wildman–Crippen MR) is 78.5 cm³/mol. The predicted octanol–water partition coefficient (Wildman–Crippen LogP) is 3.29. The van der Waals surface area contributed by atoms with Gasteiger partial charge < -0.3 is 5.32 Å². The molecule has 0 aliphatic rings. The molecule has 1 aromatic carbocycles. The van der Waals surface area contributed by atoms with E-state index in [0.717, 1.165) is 25.3 Å². The molecule has 1 N–H and O–H groups in total. The maximum atomic E-state index is 4.47. The van der Waals surface area contributed by atoms with Crippen molar-refractivity contribution in [2.75, 3.05) is 11.9 Å². The quantitative estimate of drug-likeness (QED) is 0.899. The molecule has 0 aliphatic heterocycles. The fourth-order valence-electron chi connectivity index (χ4n) is 1.83. The molecule has 2 aromatic rings. The highest BCUT2D eigenvalue weighted by molar-refractivity contribution is 5.85. The van der Waals surface area contributed by atoms with E-state index in [1.165, 1.54) is 11.1 Å². The molecular weight excluding hydrogens is 246 g/mol. The molecule has 3 nitrogen and oxygen atoms in total. The summed E-state index contributed by atoms with van der Waals surface area (Å²) in [6.07, 6.45) is 3.10. The smallest absolute Gasteiger partial charge is 0.150 e. The van der Waals surface area contributed by atoms with E-state index in [1.807, 2.05) is 10.7 Å². The van der Waals surface area contributed by atoms with Gasteiger partial charge in [-0.05, 0) is 25.8 Å². The zero-order valence-corrected chi connectivity index (χ0v) is 11.7. The molecule has 2 rings (SSSR count). The van der Waals surface area contributed by atoms with Crippen LogP contribution in [0.4, 0.5) is 5.82 Å². The second-order valence-corrected chi connectivity index (χ2v) is 4.18. The molecule has 0 bridgehead atoms. The highest BCUT2D eigenvalue weighted by Gasteiger charge is 2.02. The number of rotatable bonds is 5. The van der Waals surface area contributed by atoms with Crippen LogP contribution in [0.1, 0.15) is 18.1 Å². The van der Waals surface area contributed by atoms with Gasteiger partial charge in [-0.1, -0.05) is 30.3 Å². The van der Waals surface area contributed by atoms with Gasteiger partial charge in [-0.25, -0.2) is 0 Å². The first-order valence-corrected chi connectivity index (χ1v) is 6.11. The van der Waals surface area contributed by atoms with E-state index in [-0.39, 0.29) is 12.4 Å². The van der Waals surface area contributed by atoms with E-state index >= 15 is 0 Å². The average Bonchev–Trinajstić information content (AvgIpc) is 2.72. The Labute approximate surface area is 115 Å². The average molecular weight is 266 g/mol. The number of anilines is 1. The third-order valence-corrected chi connectivity index (χ3v) is 2.82. The monoisotopic (exact) mass is 265 g/mol. The highest BCUT2D eigenvalue weighted by Crippen LogP contribution is 2.11. The van der Waals surface area contributed by atoms with E-state index in [9.17, 15) is 0 Å². The Morgan fingerprint density at radius 2 is 1.94 bits per heavy atom. The fraction of sp³-hybridized carbons (Fsp3) is 0.357. The number of nitrogens with one attached hydrogen (secondary N) is 1. The van der Waals surface area contributed by atoms with Gasteiger partial charge in [-0.15, -0.1) is 12.4 Å². The lowest BCUT2D eigenvalue weighted by molar-refractivity contribution is 0.660. The van der Waals surface area contributed by atoms with Crippen LogP contribution < -0.4 is 5.32 Å². The van der Waals surface area contributed by atoms with Crippen LogP contribution in [0.3, 0.4) is 0 Å². The second-order valence-electron chi connectivity index (χ2n) is 4.18. The molecule has 0 unspecified atom stereocenters. The van der Waals surface area contributed by atoms with E-state index in [0.29, 0.717) is 0 Å². The first-order valence-electron chi connectivity index (χ1n) is 6.11. The Morgan fingerprint density at radius 3 is 2.56 bits per heavy atom. The Kier molecular flexibility index (Phi) is 5.72. The number of hydrogen-bond acceptors (Lipinski definition) is 2. The molecule has 4 heteroatoms. The molecule has 1 heterocycles. The maximum absolute atomic E-state index is 4.47. The SMILES string of the molecule is CCn1cc(C)c(NCCc2ccccc2)n1.Cl. The summed E-state index contributed by atoms with van der Waals surface area (Å²) in [5.41, 5.74) is 2.56. The molecule has 0 amide bonds. The maximum Gasteiger partial charge on any atom is 0.150 e. The molecule has 1 aromatic heterocycles. The molecule has 0 fully saturated rings. The normalized spacial score (nSPS) is 9.89. The van der Waals surface area contributed by atoms with Gasteiger partial charge in [-0.2, -0.15) is 5.10 Å². The molecule has 0 aliphatic carbocycles. The van der Waals surface area contributed by atoms with Crippen LogP contribution in [0.2, 0.25) is 0 Å². The minimum Gasteiger partial charge on any atom is -0.368 e. The fourth-order valence-corrected chi connectivity index (χ4v) is 1.83. The minimum atomic E-state index is 0. The Morgan fingerprint density at radius 1 is 1.22 bits per heavy atom. The first kappa shape index (κ1) is 14.6. The van der Waals surface area contributed by atoms with Gasteiger partial charge in [0.1, 0.15) is 0 Å². The van der Waals surface area contributed by atoms with Crippen molar-refractivity contribution in [2.24, 2.45) is 0 Å². The summed E-state index contributed by atoms with van der Waals surface area (Å²) in [7, 11) is 0. The van der Waals surface area contributed by atoms with Crippen LogP contribution in [0.25, 0.3) is 0 Å². The second kappa shape index (κ2) is 7.07. The van der Waals surface area contributed by atoms with Crippen LogP contribution in [-0.4, -0.2) is 16.3 Å². The molecule has 0 saturated heterocycles. The number of aromatic nitrogens is 2. The van der Waals surface area contributed by atoms with Gasteiger partial charge in [0.2, 0.25) is 0 Å². The lowest BCUT2D eigenvalue weighted by atomic mass is 10.1. The third kappa shape index (κ3) is 3.77. The van der Waals surface area contributed by atoms with E-state index in [2.05, 4.69) is 54.7 Å². The van der Waals surface area contributed by atoms with Crippen LogP contribution >= 0.6 is 12.4 Å². The van der Waals surface area contributed by atoms with Crippen molar-refractivity contribution in [2.45, 2.75) is 26.8 Å². The summed E-state index contributed by atoms with van der Waals surface area (Å²) in [6, 6.07) is 10.5. The van der Waals surface area contributed by atoms with Crippen LogP contribution in [0, 0.1) is 6.92 Å². The summed E-state index contributed by atoms with van der Waals surface area (Å²) in [6.45, 7) is 6.02. The summed E-state index contributed by atoms with van der Waals surface area (Å²) in [5, 5.41) is 7.85. The van der Waals surface area contributed by atoms with Crippen molar-refractivity contribution in [1.82, 2.24) is 9.78 Å². The number of halogens is 1. The molecule has 18 heavy (non-hydrogen) atoms. The summed E-state index contributed by atoms with van der Waals surface area (Å²) in [4.78, 5) is 0.